The van der Waals surface area contributed by atoms with Crippen LogP contribution in [-0.2, 0) is 4.79 Å². The molecule has 5 heteroatoms. The Morgan fingerprint density at radius 3 is 2.50 bits per heavy atom. The largest absolute Gasteiger partial charge is 0.480 e. The Morgan fingerprint density at radius 2 is 2.25 bits per heavy atom. The summed E-state index contributed by atoms with van der Waals surface area (Å²) in [5.41, 5.74) is -0.806. The van der Waals surface area contributed by atoms with Crippen LogP contribution >= 0.6 is 11.8 Å². The summed E-state index contributed by atoms with van der Waals surface area (Å²) in [7, 11) is 4.94. The first-order valence-corrected chi connectivity index (χ1v) is 5.46. The number of nitrogens with zero attached hydrogens (tertiary/aromatic N) is 1. The van der Waals surface area contributed by atoms with Crippen molar-refractivity contribution in [3.63, 3.8) is 0 Å². The molecule has 0 aliphatic rings. The fourth-order valence-corrected chi connectivity index (χ4v) is 1.53. The molecule has 0 unspecified atom stereocenters. The van der Waals surface area contributed by atoms with E-state index in [0.29, 0.717) is 6.42 Å². The lowest BCUT2D eigenvalue weighted by molar-refractivity contribution is -0.147. The molecule has 1 atom stereocenters. The number of hydrogen-bond donors (Lipinski definition) is 1. The number of carbonyl (C=O) groups is 1. The van der Waals surface area contributed by atoms with Crippen LogP contribution in [0.5, 0.6) is 0 Å². The van der Waals surface area contributed by atoms with Crippen molar-refractivity contribution in [2.75, 3.05) is 19.1 Å². The second kappa shape index (κ2) is 4.89. The van der Waals surface area contributed by atoms with Gasteiger partial charge in [0.1, 0.15) is 15.9 Å². The Balaban J connectivity index is 4.29. The summed E-state index contributed by atoms with van der Waals surface area (Å²) in [6.45, 7) is 1.71. The van der Waals surface area contributed by atoms with Gasteiger partial charge in [-0.1, -0.05) is 0 Å². The van der Waals surface area contributed by atoms with Gasteiger partial charge in [0.25, 0.3) is 0 Å². The molecule has 0 aliphatic carbocycles. The van der Waals surface area contributed by atoms with Gasteiger partial charge in [-0.3, -0.25) is 4.79 Å². The third kappa shape index (κ3) is 2.80. The number of hydrogen-bond acceptors (Lipinski definition) is 3. The standard InChI is InChI=1S/C7H14NO2SSi/c1-7(6(9)10,8(2)12)4-5-11-3/h4-5H2,1-3H3,(H,9,10)/t7-/m0/s1. The number of carboxylic acids is 1. The second-order valence-corrected chi connectivity index (χ2v) is 4.54. The summed E-state index contributed by atoms with van der Waals surface area (Å²) in [4.78, 5) is 10.9. The van der Waals surface area contributed by atoms with Crippen molar-refractivity contribution in [2.24, 2.45) is 0 Å². The zero-order valence-corrected chi connectivity index (χ0v) is 9.44. The zero-order chi connectivity index (χ0) is 9.78. The number of thioether (sulfide) groups is 1. The molecule has 3 radical (unpaired) electrons. The fourth-order valence-electron chi connectivity index (χ4n) is 0.719. The molecule has 0 aromatic carbocycles. The van der Waals surface area contributed by atoms with Crippen molar-refractivity contribution >= 4 is 28.1 Å². The van der Waals surface area contributed by atoms with Gasteiger partial charge in [-0.2, -0.15) is 11.8 Å². The lowest BCUT2D eigenvalue weighted by Gasteiger charge is -2.31. The van der Waals surface area contributed by atoms with Crippen LogP contribution in [-0.4, -0.2) is 50.6 Å². The monoisotopic (exact) mass is 204 g/mol. The van der Waals surface area contributed by atoms with Crippen molar-refractivity contribution in [3.8, 4) is 0 Å². The van der Waals surface area contributed by atoms with Crippen LogP contribution < -0.4 is 0 Å². The van der Waals surface area contributed by atoms with Crippen LogP contribution in [0.4, 0.5) is 0 Å². The summed E-state index contributed by atoms with van der Waals surface area (Å²) in [5, 5.41) is 8.95. The van der Waals surface area contributed by atoms with Crippen molar-refractivity contribution < 1.29 is 9.90 Å². The van der Waals surface area contributed by atoms with Crippen molar-refractivity contribution in [1.29, 1.82) is 0 Å². The van der Waals surface area contributed by atoms with Crippen LogP contribution in [0.25, 0.3) is 0 Å². The van der Waals surface area contributed by atoms with E-state index in [4.69, 9.17) is 5.11 Å². The predicted octanol–water partition coefficient (Wildman–Crippen LogP) is 0.598. The quantitative estimate of drug-likeness (QED) is 0.666. The highest BCUT2D eigenvalue weighted by Gasteiger charge is 2.34. The lowest BCUT2D eigenvalue weighted by atomic mass is 10.00. The van der Waals surface area contributed by atoms with Gasteiger partial charge in [-0.15, -0.1) is 0 Å². The minimum absolute atomic E-state index is 0.628. The Morgan fingerprint density at radius 1 is 1.75 bits per heavy atom. The highest BCUT2D eigenvalue weighted by molar-refractivity contribution is 7.98. The third-order valence-electron chi connectivity index (χ3n) is 1.99. The van der Waals surface area contributed by atoms with Crippen LogP contribution in [0.3, 0.4) is 0 Å². The Kier molecular flexibility index (Phi) is 4.89. The van der Waals surface area contributed by atoms with Gasteiger partial charge in [0, 0.05) is 0 Å². The van der Waals surface area contributed by atoms with Gasteiger partial charge in [0.2, 0.25) is 0 Å². The van der Waals surface area contributed by atoms with E-state index in [1.165, 1.54) is 0 Å². The summed E-state index contributed by atoms with van der Waals surface area (Å²) in [5.74, 6) is 0.0477. The highest BCUT2D eigenvalue weighted by Crippen LogP contribution is 2.18. The average molecular weight is 204 g/mol. The minimum atomic E-state index is -0.806. The molecule has 0 aliphatic heterocycles. The van der Waals surface area contributed by atoms with Gasteiger partial charge in [-0.25, -0.2) is 0 Å². The molecule has 12 heavy (non-hydrogen) atoms. The summed E-state index contributed by atoms with van der Waals surface area (Å²) in [6.07, 6.45) is 2.60. The van der Waals surface area contributed by atoms with Gasteiger partial charge in [0.05, 0.1) is 0 Å². The molecule has 0 aromatic heterocycles. The van der Waals surface area contributed by atoms with Crippen molar-refractivity contribution in [2.45, 2.75) is 18.9 Å². The van der Waals surface area contributed by atoms with Gasteiger partial charge >= 0.3 is 5.97 Å². The molecule has 69 valence electrons. The van der Waals surface area contributed by atoms with Crippen LogP contribution in [0, 0.1) is 0 Å². The first-order chi connectivity index (χ1) is 5.45. The molecular weight excluding hydrogens is 190 g/mol. The summed E-state index contributed by atoms with van der Waals surface area (Å²) >= 11 is 1.65. The molecular formula is C7H14NO2SSi. The third-order valence-corrected chi connectivity index (χ3v) is 3.10. The van der Waals surface area contributed by atoms with Crippen LogP contribution in [0.2, 0.25) is 0 Å². The smallest absolute Gasteiger partial charge is 0.323 e. The van der Waals surface area contributed by atoms with Gasteiger partial charge in [-0.05, 0) is 32.4 Å². The van der Waals surface area contributed by atoms with Crippen LogP contribution in [0.15, 0.2) is 0 Å². The van der Waals surface area contributed by atoms with Crippen LogP contribution in [0.1, 0.15) is 13.3 Å². The molecule has 3 nitrogen and oxygen atoms in total. The SMILES string of the molecule is CSCC[C@@](C)(C(=O)O)N(C)[Si]. The number of carboxylic acid groups (broad SMARTS) is 1. The Bertz CT molecular complexity index is 165. The average Bonchev–Trinajstić information content (AvgIpc) is 1.99. The molecule has 0 bridgehead atoms. The summed E-state index contributed by atoms with van der Waals surface area (Å²) < 4.78 is 1.56. The number of likely N-dealkylation sites (N-methyl/N-ethyl adjacent to an activating group) is 1. The van der Waals surface area contributed by atoms with E-state index in [9.17, 15) is 4.79 Å². The molecule has 1 N–H and O–H groups in total. The predicted molar refractivity (Wildman–Crippen MR) is 52.6 cm³/mol. The first-order valence-electron chi connectivity index (χ1n) is 3.62. The first kappa shape index (κ1) is 12.0. The molecule has 0 amide bonds. The van der Waals surface area contributed by atoms with E-state index in [-0.39, 0.29) is 0 Å². The molecule has 0 fully saturated rings. The highest BCUT2D eigenvalue weighted by atomic mass is 32.2. The lowest BCUT2D eigenvalue weighted by Crippen LogP contribution is -2.49. The van der Waals surface area contributed by atoms with E-state index in [2.05, 4.69) is 10.4 Å². The van der Waals surface area contributed by atoms with Crippen molar-refractivity contribution in [3.05, 3.63) is 0 Å². The maximum atomic E-state index is 10.9. The van der Waals surface area contributed by atoms with Gasteiger partial charge in [0.15, 0.2) is 0 Å². The molecule has 0 rings (SSSR count). The van der Waals surface area contributed by atoms with E-state index in [1.54, 1.807) is 30.3 Å². The normalized spacial score (nSPS) is 16.1. The molecule has 0 saturated heterocycles. The topological polar surface area (TPSA) is 40.5 Å². The molecule has 0 aromatic rings. The fraction of sp³-hybridized carbons (Fsp3) is 0.857. The van der Waals surface area contributed by atoms with Crippen molar-refractivity contribution in [1.82, 2.24) is 4.57 Å². The number of aliphatic carboxylic acids is 1. The Labute approximate surface area is 81.0 Å². The van der Waals surface area contributed by atoms with Gasteiger partial charge < -0.3 is 9.67 Å². The number of rotatable bonds is 5. The Hall–Kier alpha value is -0.00312. The second-order valence-electron chi connectivity index (χ2n) is 2.88. The zero-order valence-electron chi connectivity index (χ0n) is 7.63. The minimum Gasteiger partial charge on any atom is -0.480 e. The molecule has 0 spiro atoms. The maximum absolute atomic E-state index is 10.9. The summed E-state index contributed by atoms with van der Waals surface area (Å²) in [6, 6.07) is 0. The van der Waals surface area contributed by atoms with E-state index in [1.807, 2.05) is 6.26 Å². The molecule has 0 heterocycles. The van der Waals surface area contributed by atoms with E-state index >= 15 is 0 Å². The maximum Gasteiger partial charge on any atom is 0.323 e. The molecule has 0 saturated carbocycles. The van der Waals surface area contributed by atoms with E-state index in [0.717, 1.165) is 5.75 Å². The van der Waals surface area contributed by atoms with E-state index < -0.39 is 11.5 Å².